The minimum atomic E-state index is -0.443. The van der Waals surface area contributed by atoms with E-state index in [2.05, 4.69) is 10.6 Å². The molecule has 5 nitrogen and oxygen atoms in total. The monoisotopic (exact) mass is 312 g/mol. The maximum Gasteiger partial charge on any atom is 0.407 e. The molecule has 1 saturated heterocycles. The summed E-state index contributed by atoms with van der Waals surface area (Å²) in [6, 6.07) is 0.859. The molecule has 2 rings (SSSR count). The van der Waals surface area contributed by atoms with Crippen molar-refractivity contribution in [1.29, 1.82) is 0 Å². The summed E-state index contributed by atoms with van der Waals surface area (Å²) >= 11 is 0. The molecule has 0 bridgehead atoms. The first-order valence-corrected chi connectivity index (χ1v) is 8.75. The van der Waals surface area contributed by atoms with Gasteiger partial charge in [-0.15, -0.1) is 0 Å². The number of alkyl carbamates (subject to hydrolysis) is 1. The number of hydrogen-bond donors (Lipinski definition) is 2. The second-order valence-electron chi connectivity index (χ2n) is 7.59. The van der Waals surface area contributed by atoms with E-state index >= 15 is 0 Å². The zero-order chi connectivity index (χ0) is 16.0. The Morgan fingerprint density at radius 2 is 1.82 bits per heavy atom. The highest BCUT2D eigenvalue weighted by Crippen LogP contribution is 2.28. The van der Waals surface area contributed by atoms with Crippen LogP contribution < -0.4 is 10.6 Å². The molecule has 5 heteroatoms. The van der Waals surface area contributed by atoms with Gasteiger partial charge in [-0.3, -0.25) is 0 Å². The second kappa shape index (κ2) is 8.16. The Hall–Kier alpha value is -0.810. The van der Waals surface area contributed by atoms with Crippen LogP contribution in [0.4, 0.5) is 4.79 Å². The molecule has 1 aliphatic carbocycles. The van der Waals surface area contributed by atoms with Gasteiger partial charge in [-0.2, -0.15) is 0 Å². The van der Waals surface area contributed by atoms with Crippen LogP contribution in [-0.4, -0.2) is 43.5 Å². The highest BCUT2D eigenvalue weighted by molar-refractivity contribution is 5.67. The lowest BCUT2D eigenvalue weighted by Crippen LogP contribution is -2.50. The lowest BCUT2D eigenvalue weighted by Gasteiger charge is -2.32. The minimum absolute atomic E-state index is 0.315. The van der Waals surface area contributed by atoms with Gasteiger partial charge >= 0.3 is 6.09 Å². The summed E-state index contributed by atoms with van der Waals surface area (Å²) in [5.41, 5.74) is -0.443. The summed E-state index contributed by atoms with van der Waals surface area (Å²) in [4.78, 5) is 11.9. The van der Waals surface area contributed by atoms with E-state index in [0.29, 0.717) is 24.5 Å². The molecule has 0 aromatic rings. The average Bonchev–Trinajstić information content (AvgIpc) is 2.96. The zero-order valence-electron chi connectivity index (χ0n) is 14.3. The third-order valence-corrected chi connectivity index (χ3v) is 4.51. The molecule has 1 heterocycles. The van der Waals surface area contributed by atoms with E-state index in [1.165, 1.54) is 25.7 Å². The van der Waals surface area contributed by atoms with Crippen molar-refractivity contribution < 1.29 is 14.3 Å². The van der Waals surface area contributed by atoms with Crippen LogP contribution in [0.25, 0.3) is 0 Å². The summed E-state index contributed by atoms with van der Waals surface area (Å²) < 4.78 is 10.8. The van der Waals surface area contributed by atoms with Gasteiger partial charge in [0.15, 0.2) is 0 Å². The first kappa shape index (κ1) is 17.5. The second-order valence-corrected chi connectivity index (χ2v) is 7.59. The molecule has 22 heavy (non-hydrogen) atoms. The lowest BCUT2D eigenvalue weighted by molar-refractivity contribution is 0.0504. The maximum atomic E-state index is 11.9. The number of carbonyl (C=O) groups excluding carboxylic acids is 1. The number of hydrogen-bond acceptors (Lipinski definition) is 4. The smallest absolute Gasteiger partial charge is 0.407 e. The standard InChI is InChI=1S/C17H32N2O3/c1-17(2,3)22-16(20)18-12-15(13-6-4-5-7-13)19-14-8-10-21-11-9-14/h13-15,19H,4-12H2,1-3H3,(H,18,20)/t15-/m0/s1. The normalized spacial score (nSPS) is 22.5. The molecule has 2 N–H and O–H groups in total. The Balaban J connectivity index is 1.82. The molecule has 2 fully saturated rings. The van der Waals surface area contributed by atoms with E-state index in [4.69, 9.17) is 9.47 Å². The number of ether oxygens (including phenoxy) is 2. The Labute approximate surface area is 134 Å². The molecular formula is C17H32N2O3. The number of amides is 1. The van der Waals surface area contributed by atoms with E-state index in [1.807, 2.05) is 20.8 Å². The summed E-state index contributed by atoms with van der Waals surface area (Å²) in [6.07, 6.45) is 6.95. The summed E-state index contributed by atoms with van der Waals surface area (Å²) in [7, 11) is 0. The molecule has 1 amide bonds. The topological polar surface area (TPSA) is 59.6 Å². The third kappa shape index (κ3) is 6.13. The Morgan fingerprint density at radius 3 is 2.41 bits per heavy atom. The van der Waals surface area contributed by atoms with E-state index in [1.54, 1.807) is 0 Å². The molecule has 1 aliphatic heterocycles. The average molecular weight is 312 g/mol. The quantitative estimate of drug-likeness (QED) is 0.819. The Kier molecular flexibility index (Phi) is 6.50. The SMILES string of the molecule is CC(C)(C)OC(=O)NC[C@H](NC1CCOCC1)C1CCCC1. The molecule has 2 aliphatic rings. The van der Waals surface area contributed by atoms with Crippen LogP contribution >= 0.6 is 0 Å². The predicted octanol–water partition coefficient (Wildman–Crippen LogP) is 2.84. The van der Waals surface area contributed by atoms with E-state index < -0.39 is 5.60 Å². The van der Waals surface area contributed by atoms with Gasteiger partial charge in [0.1, 0.15) is 5.60 Å². The van der Waals surface area contributed by atoms with Crippen molar-refractivity contribution in [2.45, 2.75) is 77.0 Å². The molecule has 0 aromatic carbocycles. The molecule has 0 unspecified atom stereocenters. The van der Waals surface area contributed by atoms with Gasteiger partial charge in [-0.25, -0.2) is 4.79 Å². The predicted molar refractivity (Wildman–Crippen MR) is 87.0 cm³/mol. The van der Waals surface area contributed by atoms with Gasteiger partial charge in [0, 0.05) is 31.8 Å². The van der Waals surface area contributed by atoms with Gasteiger partial charge in [0.05, 0.1) is 0 Å². The molecule has 0 spiro atoms. The van der Waals surface area contributed by atoms with E-state index in [-0.39, 0.29) is 6.09 Å². The summed E-state index contributed by atoms with van der Waals surface area (Å²) in [5, 5.41) is 6.72. The van der Waals surface area contributed by atoms with Crippen LogP contribution in [-0.2, 0) is 9.47 Å². The van der Waals surface area contributed by atoms with Crippen LogP contribution in [0, 0.1) is 5.92 Å². The molecule has 0 aromatic heterocycles. The molecule has 0 radical (unpaired) electrons. The number of nitrogens with one attached hydrogen (secondary N) is 2. The largest absolute Gasteiger partial charge is 0.444 e. The fourth-order valence-corrected chi connectivity index (χ4v) is 3.40. The summed E-state index contributed by atoms with van der Waals surface area (Å²) in [6.45, 7) is 8.00. The van der Waals surface area contributed by atoms with Gasteiger partial charge in [-0.1, -0.05) is 12.8 Å². The number of carbonyl (C=O) groups is 1. The number of rotatable bonds is 5. The fourth-order valence-electron chi connectivity index (χ4n) is 3.40. The van der Waals surface area contributed by atoms with Crippen LogP contribution in [0.2, 0.25) is 0 Å². The highest BCUT2D eigenvalue weighted by Gasteiger charge is 2.28. The minimum Gasteiger partial charge on any atom is -0.444 e. The van der Waals surface area contributed by atoms with Crippen molar-refractivity contribution in [2.24, 2.45) is 5.92 Å². The first-order valence-electron chi connectivity index (χ1n) is 8.75. The van der Waals surface area contributed by atoms with Crippen molar-refractivity contribution in [2.75, 3.05) is 19.8 Å². The zero-order valence-corrected chi connectivity index (χ0v) is 14.3. The molecule has 128 valence electrons. The molecule has 1 saturated carbocycles. The van der Waals surface area contributed by atoms with Crippen molar-refractivity contribution in [3.05, 3.63) is 0 Å². The first-order chi connectivity index (χ1) is 10.4. The van der Waals surface area contributed by atoms with Crippen molar-refractivity contribution in [3.8, 4) is 0 Å². The van der Waals surface area contributed by atoms with Crippen molar-refractivity contribution in [3.63, 3.8) is 0 Å². The van der Waals surface area contributed by atoms with Crippen LogP contribution in [0.1, 0.15) is 59.3 Å². The molecule has 1 atom stereocenters. The molecular weight excluding hydrogens is 280 g/mol. The van der Waals surface area contributed by atoms with E-state index in [0.717, 1.165) is 26.1 Å². The van der Waals surface area contributed by atoms with Crippen LogP contribution in [0.3, 0.4) is 0 Å². The Morgan fingerprint density at radius 1 is 1.18 bits per heavy atom. The maximum absolute atomic E-state index is 11.9. The lowest BCUT2D eigenvalue weighted by atomic mass is 9.96. The Bertz CT molecular complexity index is 342. The van der Waals surface area contributed by atoms with E-state index in [9.17, 15) is 4.79 Å². The van der Waals surface area contributed by atoms with Gasteiger partial charge in [0.2, 0.25) is 0 Å². The van der Waals surface area contributed by atoms with Gasteiger partial charge in [-0.05, 0) is 52.4 Å². The fraction of sp³-hybridized carbons (Fsp3) is 0.941. The highest BCUT2D eigenvalue weighted by atomic mass is 16.6. The third-order valence-electron chi connectivity index (χ3n) is 4.51. The van der Waals surface area contributed by atoms with Crippen LogP contribution in [0.5, 0.6) is 0 Å². The van der Waals surface area contributed by atoms with Gasteiger partial charge < -0.3 is 20.1 Å². The van der Waals surface area contributed by atoms with Gasteiger partial charge in [0.25, 0.3) is 0 Å². The van der Waals surface area contributed by atoms with Crippen molar-refractivity contribution >= 4 is 6.09 Å². The summed E-state index contributed by atoms with van der Waals surface area (Å²) in [5.74, 6) is 0.665. The van der Waals surface area contributed by atoms with Crippen LogP contribution in [0.15, 0.2) is 0 Å². The van der Waals surface area contributed by atoms with Crippen molar-refractivity contribution in [1.82, 2.24) is 10.6 Å².